The highest BCUT2D eigenvalue weighted by atomic mass is 16.7. The number of ketones is 1. The van der Waals surface area contributed by atoms with Gasteiger partial charge in [0, 0.05) is 26.4 Å². The van der Waals surface area contributed by atoms with Gasteiger partial charge in [0.25, 0.3) is 0 Å². The lowest BCUT2D eigenvalue weighted by atomic mass is 10.00. The number of hydrogen-bond acceptors (Lipinski definition) is 4. The molecular formula is C22H34O4. The van der Waals surface area contributed by atoms with Crippen molar-refractivity contribution in [1.82, 2.24) is 0 Å². The number of rotatable bonds is 12. The van der Waals surface area contributed by atoms with E-state index in [-0.39, 0.29) is 18.1 Å². The van der Waals surface area contributed by atoms with Crippen LogP contribution in [0.15, 0.2) is 36.5 Å². The molecule has 0 saturated heterocycles. The van der Waals surface area contributed by atoms with Gasteiger partial charge < -0.3 is 9.47 Å². The molecule has 0 spiro atoms. The summed E-state index contributed by atoms with van der Waals surface area (Å²) in [5.74, 6) is -1.43. The van der Waals surface area contributed by atoms with Crippen molar-refractivity contribution in [2.24, 2.45) is 5.92 Å². The van der Waals surface area contributed by atoms with Gasteiger partial charge in [0.2, 0.25) is 5.79 Å². The molecule has 0 N–H and O–H groups in total. The topological polar surface area (TPSA) is 52.6 Å². The highest BCUT2D eigenvalue weighted by Gasteiger charge is 2.47. The van der Waals surface area contributed by atoms with Gasteiger partial charge in [-0.25, -0.2) is 0 Å². The van der Waals surface area contributed by atoms with Gasteiger partial charge in [0.15, 0.2) is 0 Å². The third-order valence-electron chi connectivity index (χ3n) is 4.61. The third kappa shape index (κ3) is 8.61. The molecule has 2 atom stereocenters. The van der Waals surface area contributed by atoms with Crippen LogP contribution in [0, 0.1) is 5.92 Å². The fourth-order valence-electron chi connectivity index (χ4n) is 3.17. The predicted octanol–water partition coefficient (Wildman–Crippen LogP) is 5.29. The van der Waals surface area contributed by atoms with Crippen LogP contribution in [0.2, 0.25) is 0 Å². The standard InChI is InChI=1S/C22H34O4/c1-4-5-6-7-8-9-10-11-12-13-14-15-16-20-17-22(25-3,18-21(20)24)26-19(2)23/h7-8,10-11,13-14,20H,4-6,9,12,15-18H2,1-3H3/b8-7-,11-10-,14-13-. The van der Waals surface area contributed by atoms with E-state index < -0.39 is 11.8 Å². The summed E-state index contributed by atoms with van der Waals surface area (Å²) in [4.78, 5) is 23.4. The second kappa shape index (κ2) is 12.6. The van der Waals surface area contributed by atoms with Gasteiger partial charge in [-0.05, 0) is 32.1 Å². The van der Waals surface area contributed by atoms with Gasteiger partial charge in [-0.2, -0.15) is 0 Å². The molecule has 0 aromatic heterocycles. The zero-order valence-electron chi connectivity index (χ0n) is 16.5. The molecule has 0 amide bonds. The number of methoxy groups -OCH3 is 1. The van der Waals surface area contributed by atoms with Crippen LogP contribution in [0.1, 0.15) is 71.6 Å². The van der Waals surface area contributed by atoms with Crippen molar-refractivity contribution in [1.29, 1.82) is 0 Å². The third-order valence-corrected chi connectivity index (χ3v) is 4.61. The average Bonchev–Trinajstić information content (AvgIpc) is 2.91. The molecule has 1 aliphatic rings. The number of hydrogen-bond donors (Lipinski definition) is 0. The Hall–Kier alpha value is -1.68. The quantitative estimate of drug-likeness (QED) is 0.205. The molecule has 1 fully saturated rings. The maximum atomic E-state index is 12.1. The first-order valence-corrected chi connectivity index (χ1v) is 9.75. The van der Waals surface area contributed by atoms with Gasteiger partial charge >= 0.3 is 5.97 Å². The number of carbonyl (C=O) groups excluding carboxylic acids is 2. The first-order chi connectivity index (χ1) is 12.5. The monoisotopic (exact) mass is 362 g/mol. The Bertz CT molecular complexity index is 518. The summed E-state index contributed by atoms with van der Waals surface area (Å²) in [6.07, 6.45) is 20.9. The van der Waals surface area contributed by atoms with E-state index >= 15 is 0 Å². The van der Waals surface area contributed by atoms with E-state index in [1.54, 1.807) is 0 Å². The van der Waals surface area contributed by atoms with Gasteiger partial charge in [-0.3, -0.25) is 9.59 Å². The van der Waals surface area contributed by atoms with Crippen LogP contribution in [-0.4, -0.2) is 24.6 Å². The Morgan fingerprint density at radius 2 is 1.73 bits per heavy atom. The summed E-state index contributed by atoms with van der Waals surface area (Å²) in [6.45, 7) is 3.55. The van der Waals surface area contributed by atoms with Crippen molar-refractivity contribution in [3.8, 4) is 0 Å². The lowest BCUT2D eigenvalue weighted by Gasteiger charge is -2.26. The van der Waals surface area contributed by atoms with E-state index in [1.807, 2.05) is 0 Å². The maximum absolute atomic E-state index is 12.1. The first kappa shape index (κ1) is 22.4. The summed E-state index contributed by atoms with van der Waals surface area (Å²) in [6, 6.07) is 0. The molecule has 0 heterocycles. The lowest BCUT2D eigenvalue weighted by molar-refractivity contribution is -0.217. The summed E-state index contributed by atoms with van der Waals surface area (Å²) >= 11 is 0. The van der Waals surface area contributed by atoms with E-state index in [9.17, 15) is 9.59 Å². The molecule has 1 saturated carbocycles. The summed E-state index contributed by atoms with van der Waals surface area (Å²) in [5, 5.41) is 0. The minimum atomic E-state index is -1.05. The Balaban J connectivity index is 2.22. The molecule has 0 bridgehead atoms. The highest BCUT2D eigenvalue weighted by Crippen LogP contribution is 2.38. The maximum Gasteiger partial charge on any atom is 0.305 e. The van der Waals surface area contributed by atoms with Crippen molar-refractivity contribution in [3.05, 3.63) is 36.5 Å². The fourth-order valence-corrected chi connectivity index (χ4v) is 3.17. The van der Waals surface area contributed by atoms with Crippen molar-refractivity contribution in [2.45, 2.75) is 77.4 Å². The first-order valence-electron chi connectivity index (χ1n) is 9.75. The van der Waals surface area contributed by atoms with E-state index in [4.69, 9.17) is 9.47 Å². The largest absolute Gasteiger partial charge is 0.433 e. The molecular weight excluding hydrogens is 328 g/mol. The zero-order valence-corrected chi connectivity index (χ0v) is 16.5. The van der Waals surface area contributed by atoms with Crippen LogP contribution in [0.3, 0.4) is 0 Å². The fraction of sp³-hybridized carbons (Fsp3) is 0.636. The summed E-state index contributed by atoms with van der Waals surface area (Å²) < 4.78 is 10.6. The smallest absolute Gasteiger partial charge is 0.305 e. The van der Waals surface area contributed by atoms with Gasteiger partial charge in [0.1, 0.15) is 5.78 Å². The van der Waals surface area contributed by atoms with Crippen molar-refractivity contribution < 1.29 is 19.1 Å². The van der Waals surface area contributed by atoms with E-state index in [0.717, 1.165) is 25.7 Å². The SMILES string of the molecule is CCCC/C=C\C/C=C\C/C=C\CCC1CC(OC)(OC(C)=O)CC1=O. The van der Waals surface area contributed by atoms with Crippen LogP contribution in [-0.2, 0) is 19.1 Å². The van der Waals surface area contributed by atoms with Crippen molar-refractivity contribution >= 4 is 11.8 Å². The number of carbonyl (C=O) groups is 2. The highest BCUT2D eigenvalue weighted by molar-refractivity contribution is 5.85. The molecule has 0 aliphatic heterocycles. The Labute approximate surface area is 158 Å². The number of esters is 1. The molecule has 0 aromatic carbocycles. The number of ether oxygens (including phenoxy) is 2. The van der Waals surface area contributed by atoms with Crippen LogP contribution in [0.5, 0.6) is 0 Å². The minimum Gasteiger partial charge on any atom is -0.433 e. The number of unbranched alkanes of at least 4 members (excludes halogenated alkanes) is 2. The van der Waals surface area contributed by atoms with Crippen LogP contribution in [0.25, 0.3) is 0 Å². The Morgan fingerprint density at radius 1 is 1.12 bits per heavy atom. The van der Waals surface area contributed by atoms with E-state index in [1.165, 1.54) is 33.3 Å². The van der Waals surface area contributed by atoms with Gasteiger partial charge in [-0.15, -0.1) is 0 Å². The Kier molecular flexibility index (Phi) is 10.9. The molecule has 2 unspecified atom stereocenters. The molecule has 1 aliphatic carbocycles. The predicted molar refractivity (Wildman–Crippen MR) is 105 cm³/mol. The van der Waals surface area contributed by atoms with Crippen molar-refractivity contribution in [3.63, 3.8) is 0 Å². The Morgan fingerprint density at radius 3 is 2.31 bits per heavy atom. The number of Topliss-reactive ketones (excluding diaryl/α,β-unsaturated/α-hetero) is 1. The van der Waals surface area contributed by atoms with Gasteiger partial charge in [0.05, 0.1) is 6.42 Å². The minimum absolute atomic E-state index is 0.0947. The molecule has 146 valence electrons. The molecule has 4 nitrogen and oxygen atoms in total. The van der Waals surface area contributed by atoms with Crippen LogP contribution in [0.4, 0.5) is 0 Å². The average molecular weight is 363 g/mol. The lowest BCUT2D eigenvalue weighted by Crippen LogP contribution is -2.34. The normalized spacial score (nSPS) is 23.7. The van der Waals surface area contributed by atoms with Crippen LogP contribution < -0.4 is 0 Å². The number of allylic oxidation sites excluding steroid dienone is 6. The van der Waals surface area contributed by atoms with Gasteiger partial charge in [-0.1, -0.05) is 56.2 Å². The summed E-state index contributed by atoms with van der Waals surface area (Å²) in [7, 11) is 1.49. The second-order valence-electron chi connectivity index (χ2n) is 6.86. The molecule has 26 heavy (non-hydrogen) atoms. The molecule has 0 radical (unpaired) electrons. The van der Waals surface area contributed by atoms with Crippen LogP contribution >= 0.6 is 0 Å². The molecule has 0 aromatic rings. The summed E-state index contributed by atoms with van der Waals surface area (Å²) in [5.41, 5.74) is 0. The van der Waals surface area contributed by atoms with E-state index in [2.05, 4.69) is 43.4 Å². The van der Waals surface area contributed by atoms with E-state index in [0.29, 0.717) is 6.42 Å². The van der Waals surface area contributed by atoms with Crippen molar-refractivity contribution in [2.75, 3.05) is 7.11 Å². The zero-order chi connectivity index (χ0) is 19.3. The molecule has 4 heteroatoms. The second-order valence-corrected chi connectivity index (χ2v) is 6.86. The molecule has 1 rings (SSSR count).